The normalized spacial score (nSPS) is 32.5. The molecule has 1 aliphatic carbocycles. The number of ether oxygens (including phenoxy) is 1. The van der Waals surface area contributed by atoms with Gasteiger partial charge in [0.05, 0.1) is 31.2 Å². The monoisotopic (exact) mass is 490 g/mol. The maximum Gasteiger partial charge on any atom is 0.416 e. The molecule has 0 N–H and O–H groups in total. The Morgan fingerprint density at radius 3 is 2.37 bits per heavy atom. The number of piperazine rings is 1. The molecule has 0 spiro atoms. The van der Waals surface area contributed by atoms with Crippen LogP contribution in [0.25, 0.3) is 0 Å². The third-order valence-corrected chi connectivity index (χ3v) is 8.51. The third kappa shape index (κ3) is 5.14. The lowest BCUT2D eigenvalue weighted by Crippen LogP contribution is -2.47. The molecule has 9 heteroatoms. The van der Waals surface area contributed by atoms with Crippen LogP contribution in [0, 0.1) is 23.2 Å². The summed E-state index contributed by atoms with van der Waals surface area (Å²) < 4.78 is 44.9. The number of carbonyl (C=O) groups is 1. The number of rotatable bonds is 8. The van der Waals surface area contributed by atoms with Gasteiger partial charge in [-0.2, -0.15) is 18.4 Å². The fourth-order valence-electron chi connectivity index (χ4n) is 6.35. The van der Waals surface area contributed by atoms with Gasteiger partial charge in [-0.1, -0.05) is 12.8 Å². The van der Waals surface area contributed by atoms with Gasteiger partial charge in [-0.05, 0) is 49.8 Å². The Morgan fingerprint density at radius 1 is 1.09 bits per heavy atom. The van der Waals surface area contributed by atoms with Crippen LogP contribution < -0.4 is 9.64 Å². The standard InChI is InChI=1S/C26H33F3N4O2/c1-35-21-15-19(26(27,28)29)14-20(16-21)32-12-10-31(11-13-32)9-7-17-2-4-18(5-3-17)23-25-24(33(23)25)22(34)6-8-30/h14-18,23-25H,2-7,9-13H2,1H3. The highest BCUT2D eigenvalue weighted by Gasteiger charge is 2.75. The van der Waals surface area contributed by atoms with Crippen LogP contribution in [0.2, 0.25) is 0 Å². The highest BCUT2D eigenvalue weighted by molar-refractivity contribution is 5.91. The number of nitriles is 1. The molecule has 35 heavy (non-hydrogen) atoms. The van der Waals surface area contributed by atoms with E-state index in [1.165, 1.54) is 45.3 Å². The predicted octanol–water partition coefficient (Wildman–Crippen LogP) is 3.95. The molecule has 0 aromatic heterocycles. The van der Waals surface area contributed by atoms with Gasteiger partial charge in [-0.25, -0.2) is 0 Å². The molecular weight excluding hydrogens is 457 g/mol. The van der Waals surface area contributed by atoms with Crippen LogP contribution in [0.1, 0.15) is 44.1 Å². The first-order valence-electron chi connectivity index (χ1n) is 12.7. The van der Waals surface area contributed by atoms with Gasteiger partial charge < -0.3 is 9.64 Å². The molecule has 0 amide bonds. The van der Waals surface area contributed by atoms with Crippen molar-refractivity contribution in [1.29, 1.82) is 5.26 Å². The summed E-state index contributed by atoms with van der Waals surface area (Å²) in [4.78, 5) is 18.6. The number of hydrogen-bond acceptors (Lipinski definition) is 6. The van der Waals surface area contributed by atoms with E-state index in [0.717, 1.165) is 31.6 Å². The number of ketones is 1. The molecule has 3 heterocycles. The molecule has 1 saturated carbocycles. The van der Waals surface area contributed by atoms with Gasteiger partial charge in [0.2, 0.25) is 0 Å². The number of fused-ring (bicyclic) bond motifs is 1. The molecule has 5 rings (SSSR count). The van der Waals surface area contributed by atoms with Crippen LogP contribution in [0.4, 0.5) is 18.9 Å². The average Bonchev–Trinajstić information content (AvgIpc) is 3.76. The smallest absolute Gasteiger partial charge is 0.416 e. The van der Waals surface area contributed by atoms with Gasteiger partial charge >= 0.3 is 6.18 Å². The SMILES string of the molecule is COc1cc(N2CCN(CCC3CCC(C4C5C(C(=O)CC#N)N45)CC3)CC2)cc(C(F)(F)F)c1. The third-order valence-electron chi connectivity index (χ3n) is 8.51. The molecule has 1 aromatic rings. The molecule has 4 atom stereocenters. The molecule has 0 bridgehead atoms. The van der Waals surface area contributed by atoms with Gasteiger partial charge in [-0.15, -0.1) is 0 Å². The molecule has 4 aliphatic rings. The Kier molecular flexibility index (Phi) is 6.71. The second-order valence-corrected chi connectivity index (χ2v) is 10.5. The van der Waals surface area contributed by atoms with E-state index in [1.807, 2.05) is 11.0 Å². The minimum Gasteiger partial charge on any atom is -0.497 e. The van der Waals surface area contributed by atoms with Crippen molar-refractivity contribution in [3.8, 4) is 11.8 Å². The van der Waals surface area contributed by atoms with Crippen LogP contribution in [0.5, 0.6) is 5.75 Å². The topological polar surface area (TPSA) is 59.6 Å². The first-order valence-corrected chi connectivity index (χ1v) is 12.7. The van der Waals surface area contributed by atoms with Crippen molar-refractivity contribution in [3.63, 3.8) is 0 Å². The Labute approximate surface area is 204 Å². The fourth-order valence-corrected chi connectivity index (χ4v) is 6.35. The Hall–Kier alpha value is -2.31. The summed E-state index contributed by atoms with van der Waals surface area (Å²) in [6, 6.07) is 6.99. The average molecular weight is 491 g/mol. The Morgan fingerprint density at radius 2 is 1.77 bits per heavy atom. The van der Waals surface area contributed by atoms with Crippen molar-refractivity contribution in [3.05, 3.63) is 23.8 Å². The van der Waals surface area contributed by atoms with E-state index in [2.05, 4.69) is 9.80 Å². The maximum absolute atomic E-state index is 13.3. The zero-order valence-corrected chi connectivity index (χ0v) is 20.1. The molecule has 190 valence electrons. The molecule has 0 radical (unpaired) electrons. The largest absolute Gasteiger partial charge is 0.497 e. The zero-order valence-electron chi connectivity index (χ0n) is 20.1. The van der Waals surface area contributed by atoms with Gasteiger partial charge in [0.25, 0.3) is 0 Å². The summed E-state index contributed by atoms with van der Waals surface area (Å²) in [5.41, 5.74) is -0.102. The van der Waals surface area contributed by atoms with Gasteiger partial charge in [0, 0.05) is 50.0 Å². The van der Waals surface area contributed by atoms with Crippen molar-refractivity contribution in [1.82, 2.24) is 9.80 Å². The molecular formula is C26H33F3N4O2. The van der Waals surface area contributed by atoms with Crippen molar-refractivity contribution < 1.29 is 22.7 Å². The minimum absolute atomic E-state index is 0.0412. The van der Waals surface area contributed by atoms with Crippen LogP contribution in [-0.2, 0) is 11.0 Å². The van der Waals surface area contributed by atoms with Crippen molar-refractivity contribution in [2.45, 2.75) is 62.8 Å². The lowest BCUT2D eigenvalue weighted by atomic mass is 9.77. The number of alkyl halides is 3. The quantitative estimate of drug-likeness (QED) is 0.515. The van der Waals surface area contributed by atoms with E-state index in [1.54, 1.807) is 6.07 Å². The lowest BCUT2D eigenvalue weighted by molar-refractivity contribution is -0.137. The van der Waals surface area contributed by atoms with E-state index in [0.29, 0.717) is 36.8 Å². The number of benzene rings is 1. The number of nitrogens with zero attached hydrogens (tertiary/aromatic N) is 4. The molecule has 1 aromatic carbocycles. The van der Waals surface area contributed by atoms with Crippen molar-refractivity contribution in [2.75, 3.05) is 44.7 Å². The summed E-state index contributed by atoms with van der Waals surface area (Å²) in [6.45, 7) is 4.16. The van der Waals surface area contributed by atoms with Gasteiger partial charge in [0.1, 0.15) is 5.75 Å². The predicted molar refractivity (Wildman–Crippen MR) is 125 cm³/mol. The number of carbonyl (C=O) groups excluding carboxylic acids is 1. The zero-order chi connectivity index (χ0) is 24.7. The number of methoxy groups -OCH3 is 1. The molecule has 3 saturated heterocycles. The molecule has 6 nitrogen and oxygen atoms in total. The van der Waals surface area contributed by atoms with Crippen LogP contribution in [0.15, 0.2) is 18.2 Å². The van der Waals surface area contributed by atoms with Crippen LogP contribution in [-0.4, -0.2) is 73.5 Å². The second kappa shape index (κ2) is 9.62. The summed E-state index contributed by atoms with van der Waals surface area (Å²) >= 11 is 0. The van der Waals surface area contributed by atoms with E-state index in [-0.39, 0.29) is 24.0 Å². The maximum atomic E-state index is 13.3. The molecule has 3 aliphatic heterocycles. The summed E-state index contributed by atoms with van der Waals surface area (Å²) in [7, 11) is 1.39. The summed E-state index contributed by atoms with van der Waals surface area (Å²) in [5.74, 6) is 1.76. The fraction of sp³-hybridized carbons (Fsp3) is 0.692. The van der Waals surface area contributed by atoms with E-state index in [9.17, 15) is 18.0 Å². The highest BCUT2D eigenvalue weighted by Crippen LogP contribution is 2.58. The highest BCUT2D eigenvalue weighted by atomic mass is 19.4. The first-order chi connectivity index (χ1) is 16.8. The first kappa shape index (κ1) is 24.4. The van der Waals surface area contributed by atoms with Crippen LogP contribution in [0.3, 0.4) is 0 Å². The Balaban J connectivity index is 1.02. The van der Waals surface area contributed by atoms with Gasteiger partial charge in [0.15, 0.2) is 5.78 Å². The van der Waals surface area contributed by atoms with E-state index in [4.69, 9.17) is 10.00 Å². The van der Waals surface area contributed by atoms with E-state index < -0.39 is 11.7 Å². The minimum atomic E-state index is -4.39. The Bertz CT molecular complexity index is 968. The summed E-state index contributed by atoms with van der Waals surface area (Å²) in [5, 5.41) is 8.69. The number of halogens is 3. The van der Waals surface area contributed by atoms with E-state index >= 15 is 0 Å². The summed E-state index contributed by atoms with van der Waals surface area (Å²) in [6.07, 6.45) is 1.76. The number of anilines is 1. The number of Topliss-reactive ketones (excluding diaryl/α,β-unsaturated/α-hetero) is 1. The van der Waals surface area contributed by atoms with Crippen molar-refractivity contribution >= 4 is 11.5 Å². The molecule has 4 unspecified atom stereocenters. The van der Waals surface area contributed by atoms with Gasteiger partial charge in [-0.3, -0.25) is 14.6 Å². The van der Waals surface area contributed by atoms with Crippen molar-refractivity contribution in [2.24, 2.45) is 11.8 Å². The van der Waals surface area contributed by atoms with Crippen LogP contribution >= 0.6 is 0 Å². The second-order valence-electron chi connectivity index (χ2n) is 10.5. The lowest BCUT2D eigenvalue weighted by Gasteiger charge is -2.37. The molecule has 4 fully saturated rings. The number of hydrogen-bond donors (Lipinski definition) is 0.